The summed E-state index contributed by atoms with van der Waals surface area (Å²) in [7, 11) is -3.22. The van der Waals surface area contributed by atoms with Crippen LogP contribution in [-0.4, -0.2) is 32.1 Å². The van der Waals surface area contributed by atoms with Gasteiger partial charge in [0.05, 0.1) is 12.6 Å². The number of hydrogen-bond donors (Lipinski definition) is 2. The molecule has 1 aliphatic heterocycles. The van der Waals surface area contributed by atoms with E-state index in [-0.39, 0.29) is 24.5 Å². The van der Waals surface area contributed by atoms with Crippen molar-refractivity contribution in [1.29, 1.82) is 0 Å². The summed E-state index contributed by atoms with van der Waals surface area (Å²) in [4.78, 5) is 11.7. The molecule has 1 amide bonds. The fourth-order valence-corrected chi connectivity index (χ4v) is 3.18. The van der Waals surface area contributed by atoms with Crippen molar-refractivity contribution in [2.75, 3.05) is 6.61 Å². The molecule has 0 aromatic heterocycles. The lowest BCUT2D eigenvalue weighted by molar-refractivity contribution is -0.118. The molecule has 0 saturated carbocycles. The third-order valence-electron chi connectivity index (χ3n) is 2.36. The van der Waals surface area contributed by atoms with E-state index >= 15 is 0 Å². The normalized spacial score (nSPS) is 20.2. The fraction of sp³-hybridized carbons (Fsp3) is 0.500. The standard InChI is InChI=1S/C10H15NO4S2/c1-7(2)9(5-12)11-10(13)8-3-4-16(6-8)17(14)15/h3-4,6-7,9,12H,5H2,1-2H3,(H,11,13). The number of amides is 1. The molecule has 1 aliphatic rings. The summed E-state index contributed by atoms with van der Waals surface area (Å²) >= 11 is 0. The maximum atomic E-state index is 11.7. The number of nitrogens with one attached hydrogen (secondary N) is 1. The van der Waals surface area contributed by atoms with Crippen LogP contribution in [0.5, 0.6) is 0 Å². The van der Waals surface area contributed by atoms with Crippen molar-refractivity contribution in [3.8, 4) is 0 Å². The van der Waals surface area contributed by atoms with Crippen LogP contribution in [0, 0.1) is 5.92 Å². The second-order valence-corrected chi connectivity index (χ2v) is 7.46. The van der Waals surface area contributed by atoms with E-state index < -0.39 is 18.7 Å². The Morgan fingerprint density at radius 3 is 2.59 bits per heavy atom. The molecule has 2 unspecified atom stereocenters. The third-order valence-corrected chi connectivity index (χ3v) is 5.13. The molecule has 96 valence electrons. The summed E-state index contributed by atoms with van der Waals surface area (Å²) in [5.74, 6) is -0.240. The summed E-state index contributed by atoms with van der Waals surface area (Å²) in [5.41, 5.74) is 0.330. The molecule has 0 aromatic rings. The molecular weight excluding hydrogens is 262 g/mol. The molecule has 0 radical (unpaired) electrons. The Bertz CT molecular complexity index is 494. The first kappa shape index (κ1) is 14.1. The van der Waals surface area contributed by atoms with Crippen LogP contribution in [0.1, 0.15) is 13.8 Å². The summed E-state index contributed by atoms with van der Waals surface area (Å²) in [6.07, 6.45) is 1.49. The van der Waals surface area contributed by atoms with Gasteiger partial charge in [-0.1, -0.05) is 13.8 Å². The Morgan fingerprint density at radius 2 is 2.18 bits per heavy atom. The van der Waals surface area contributed by atoms with Gasteiger partial charge in [0.25, 0.3) is 5.91 Å². The third kappa shape index (κ3) is 3.79. The van der Waals surface area contributed by atoms with Crippen LogP contribution in [0.3, 0.4) is 0 Å². The topological polar surface area (TPSA) is 83.5 Å². The highest BCUT2D eigenvalue weighted by Gasteiger charge is 2.18. The molecule has 2 atom stereocenters. The molecule has 0 aromatic carbocycles. The molecular formula is C10H15NO4S2. The van der Waals surface area contributed by atoms with Gasteiger partial charge in [-0.3, -0.25) is 4.79 Å². The van der Waals surface area contributed by atoms with E-state index in [4.69, 9.17) is 5.11 Å². The molecule has 0 saturated heterocycles. The first-order chi connectivity index (χ1) is 7.95. The molecule has 2 N–H and O–H groups in total. The van der Waals surface area contributed by atoms with Crippen LogP contribution in [0.4, 0.5) is 0 Å². The summed E-state index contributed by atoms with van der Waals surface area (Å²) in [6, 6.07) is -0.322. The van der Waals surface area contributed by atoms with E-state index in [9.17, 15) is 13.2 Å². The maximum Gasteiger partial charge on any atom is 0.252 e. The zero-order valence-corrected chi connectivity index (χ0v) is 11.2. The Morgan fingerprint density at radius 1 is 1.53 bits per heavy atom. The van der Waals surface area contributed by atoms with Crippen LogP contribution in [0.25, 0.3) is 0 Å². The second kappa shape index (κ2) is 6.13. The van der Waals surface area contributed by atoms with Crippen LogP contribution in [0.2, 0.25) is 0 Å². The lowest BCUT2D eigenvalue weighted by atomic mass is 10.1. The van der Waals surface area contributed by atoms with Gasteiger partial charge in [0.2, 0.25) is 9.26 Å². The Balaban J connectivity index is 2.78. The molecule has 0 bridgehead atoms. The van der Waals surface area contributed by atoms with Gasteiger partial charge in [-0.15, -0.1) is 0 Å². The number of aliphatic hydroxyl groups is 1. The van der Waals surface area contributed by atoms with E-state index in [1.807, 2.05) is 13.8 Å². The number of rotatable bonds is 4. The van der Waals surface area contributed by atoms with Crippen molar-refractivity contribution in [3.05, 3.63) is 22.5 Å². The Labute approximate surface area is 103 Å². The predicted octanol–water partition coefficient (Wildman–Crippen LogP) is -0.0569. The molecule has 0 fully saturated rings. The first-order valence-corrected chi connectivity index (χ1v) is 8.03. The van der Waals surface area contributed by atoms with Crippen LogP contribution in [0.15, 0.2) is 22.5 Å². The Hall–Kier alpha value is -0.920. The molecule has 7 heteroatoms. The SMILES string of the molecule is CC(C)C(CO)NC(=O)C1=CS(=S(=O)=O)C=C1. The zero-order chi connectivity index (χ0) is 13.0. The van der Waals surface area contributed by atoms with E-state index in [1.54, 1.807) is 0 Å². The molecule has 17 heavy (non-hydrogen) atoms. The van der Waals surface area contributed by atoms with Gasteiger partial charge in [0.15, 0.2) is 0 Å². The summed E-state index contributed by atoms with van der Waals surface area (Å²) in [6.45, 7) is 3.63. The minimum absolute atomic E-state index is 0.113. The van der Waals surface area contributed by atoms with E-state index in [2.05, 4.69) is 5.32 Å². The highest BCUT2D eigenvalue weighted by Crippen LogP contribution is 2.12. The van der Waals surface area contributed by atoms with Gasteiger partial charge in [-0.25, -0.2) is 0 Å². The summed E-state index contributed by atoms with van der Waals surface area (Å²) < 4.78 is 21.4. The van der Waals surface area contributed by atoms with Gasteiger partial charge < -0.3 is 10.4 Å². The highest BCUT2D eigenvalue weighted by atomic mass is 32.9. The summed E-state index contributed by atoms with van der Waals surface area (Å²) in [5, 5.41) is 14.6. The van der Waals surface area contributed by atoms with Gasteiger partial charge in [0.1, 0.15) is 0 Å². The number of hydrogen-bond acceptors (Lipinski definition) is 4. The van der Waals surface area contributed by atoms with Crippen LogP contribution >= 0.6 is 0 Å². The van der Waals surface area contributed by atoms with E-state index in [0.29, 0.717) is 5.57 Å². The second-order valence-electron chi connectivity index (χ2n) is 3.92. The minimum atomic E-state index is -2.22. The van der Waals surface area contributed by atoms with Gasteiger partial charge in [-0.05, 0) is 32.3 Å². The van der Waals surface area contributed by atoms with Crippen LogP contribution < -0.4 is 5.32 Å². The predicted molar refractivity (Wildman–Crippen MR) is 67.4 cm³/mol. The van der Waals surface area contributed by atoms with Gasteiger partial charge in [-0.2, -0.15) is 8.42 Å². The Kier molecular flexibility index (Phi) is 5.10. The van der Waals surface area contributed by atoms with Crippen molar-refractivity contribution < 1.29 is 18.3 Å². The van der Waals surface area contributed by atoms with Crippen molar-refractivity contribution in [3.63, 3.8) is 0 Å². The molecule has 1 rings (SSSR count). The van der Waals surface area contributed by atoms with Crippen molar-refractivity contribution in [2.24, 2.45) is 5.92 Å². The maximum absolute atomic E-state index is 11.7. The number of aliphatic hydroxyl groups excluding tert-OH is 1. The lowest BCUT2D eigenvalue weighted by Gasteiger charge is -2.19. The van der Waals surface area contributed by atoms with E-state index in [0.717, 1.165) is 0 Å². The molecule has 0 spiro atoms. The minimum Gasteiger partial charge on any atom is -0.394 e. The van der Waals surface area contributed by atoms with E-state index in [1.165, 1.54) is 16.9 Å². The van der Waals surface area contributed by atoms with Gasteiger partial charge >= 0.3 is 0 Å². The fourth-order valence-electron chi connectivity index (χ4n) is 1.23. The first-order valence-electron chi connectivity index (χ1n) is 5.09. The quantitative estimate of drug-likeness (QED) is 0.754. The number of carbonyl (C=O) groups is 1. The highest BCUT2D eigenvalue weighted by molar-refractivity contribution is 8.37. The van der Waals surface area contributed by atoms with Crippen molar-refractivity contribution in [1.82, 2.24) is 5.32 Å². The average Bonchev–Trinajstić information content (AvgIpc) is 2.74. The van der Waals surface area contributed by atoms with Crippen LogP contribution in [-0.2, 0) is 23.5 Å². The number of carbonyl (C=O) groups excluding carboxylic acids is 1. The van der Waals surface area contributed by atoms with Crippen molar-refractivity contribution in [2.45, 2.75) is 19.9 Å². The molecule has 1 heterocycles. The van der Waals surface area contributed by atoms with Crippen molar-refractivity contribution >= 4 is 24.6 Å². The largest absolute Gasteiger partial charge is 0.394 e. The smallest absolute Gasteiger partial charge is 0.252 e. The average molecular weight is 277 g/mol. The zero-order valence-electron chi connectivity index (χ0n) is 9.58. The van der Waals surface area contributed by atoms with Gasteiger partial charge in [0, 0.05) is 5.57 Å². The molecule has 5 nitrogen and oxygen atoms in total. The molecule has 0 aliphatic carbocycles. The monoisotopic (exact) mass is 277 g/mol. The lowest BCUT2D eigenvalue weighted by Crippen LogP contribution is -2.41.